The third kappa shape index (κ3) is 5.69. The number of cyclic esters (lactones) is 1. The first-order valence-corrected chi connectivity index (χ1v) is 7.94. The molecule has 1 aliphatic heterocycles. The lowest BCUT2D eigenvalue weighted by Gasteiger charge is -2.28. The van der Waals surface area contributed by atoms with Crippen molar-refractivity contribution in [1.82, 2.24) is 0 Å². The van der Waals surface area contributed by atoms with Crippen molar-refractivity contribution in [3.05, 3.63) is 12.2 Å². The van der Waals surface area contributed by atoms with E-state index in [1.165, 1.54) is 20.8 Å². The highest BCUT2D eigenvalue weighted by Crippen LogP contribution is 2.24. The van der Waals surface area contributed by atoms with Crippen molar-refractivity contribution in [2.24, 2.45) is 5.92 Å². The van der Waals surface area contributed by atoms with Crippen LogP contribution in [0, 0.1) is 5.92 Å². The molecule has 1 heterocycles. The van der Waals surface area contributed by atoms with E-state index in [0.717, 1.165) is 12.8 Å². The van der Waals surface area contributed by atoms with Crippen LogP contribution in [-0.2, 0) is 28.6 Å². The Bertz CT molecular complexity index is 479. The lowest BCUT2D eigenvalue weighted by Crippen LogP contribution is -2.41. The van der Waals surface area contributed by atoms with Crippen LogP contribution in [0.5, 0.6) is 0 Å². The molecule has 6 heteroatoms. The number of carbonyl (C=O) groups excluding carboxylic acids is 3. The molecule has 0 aromatic rings. The molecule has 0 N–H and O–H groups in total. The molecule has 1 rings (SSSR count). The van der Waals surface area contributed by atoms with Gasteiger partial charge in [0.15, 0.2) is 0 Å². The standard InChI is InChI=1S/C17H26O6/c1-6-13(10-12-8-7-9-21-15(12)19)22-16(20)17(4,5)23-14(18)11(2)3/h12-13H,2,6-10H2,1,3-5H3. The van der Waals surface area contributed by atoms with E-state index in [2.05, 4.69) is 6.58 Å². The van der Waals surface area contributed by atoms with Gasteiger partial charge in [0.2, 0.25) is 5.60 Å². The SMILES string of the molecule is C=C(C)C(=O)OC(C)(C)C(=O)OC(CC)CC1CCCOC1=O. The first kappa shape index (κ1) is 19.2. The van der Waals surface area contributed by atoms with Crippen LogP contribution >= 0.6 is 0 Å². The number of hydrogen-bond acceptors (Lipinski definition) is 6. The lowest BCUT2D eigenvalue weighted by molar-refractivity contribution is -0.181. The fourth-order valence-corrected chi connectivity index (χ4v) is 2.22. The highest BCUT2D eigenvalue weighted by Gasteiger charge is 2.36. The molecule has 0 aliphatic carbocycles. The van der Waals surface area contributed by atoms with E-state index in [4.69, 9.17) is 14.2 Å². The fourth-order valence-electron chi connectivity index (χ4n) is 2.22. The predicted octanol–water partition coefficient (Wildman–Crippen LogP) is 2.55. The summed E-state index contributed by atoms with van der Waals surface area (Å²) in [6.45, 7) is 10.3. The average Bonchev–Trinajstić information content (AvgIpc) is 2.47. The summed E-state index contributed by atoms with van der Waals surface area (Å²) in [6, 6.07) is 0. The van der Waals surface area contributed by atoms with Crippen LogP contribution in [0.3, 0.4) is 0 Å². The molecule has 0 aromatic heterocycles. The van der Waals surface area contributed by atoms with Crippen LogP contribution in [0.15, 0.2) is 12.2 Å². The van der Waals surface area contributed by atoms with E-state index >= 15 is 0 Å². The van der Waals surface area contributed by atoms with Crippen molar-refractivity contribution in [2.45, 2.75) is 65.1 Å². The topological polar surface area (TPSA) is 78.9 Å². The minimum Gasteiger partial charge on any atom is -0.465 e. The monoisotopic (exact) mass is 326 g/mol. The number of hydrogen-bond donors (Lipinski definition) is 0. The second kappa shape index (κ2) is 8.13. The van der Waals surface area contributed by atoms with Gasteiger partial charge < -0.3 is 14.2 Å². The Morgan fingerprint density at radius 2 is 2.09 bits per heavy atom. The molecular weight excluding hydrogens is 300 g/mol. The minimum atomic E-state index is -1.41. The molecule has 6 nitrogen and oxygen atoms in total. The van der Waals surface area contributed by atoms with Gasteiger partial charge in [-0.3, -0.25) is 4.79 Å². The highest BCUT2D eigenvalue weighted by atomic mass is 16.6. The van der Waals surface area contributed by atoms with Gasteiger partial charge >= 0.3 is 17.9 Å². The van der Waals surface area contributed by atoms with E-state index in [1.54, 1.807) is 0 Å². The Morgan fingerprint density at radius 3 is 2.61 bits per heavy atom. The van der Waals surface area contributed by atoms with Crippen LogP contribution in [0.1, 0.15) is 53.4 Å². The molecule has 23 heavy (non-hydrogen) atoms. The van der Waals surface area contributed by atoms with Gasteiger partial charge in [-0.25, -0.2) is 9.59 Å². The van der Waals surface area contributed by atoms with Crippen molar-refractivity contribution >= 4 is 17.9 Å². The molecule has 130 valence electrons. The Labute approximate surface area is 137 Å². The molecule has 2 atom stereocenters. The first-order valence-electron chi connectivity index (χ1n) is 7.94. The Kier molecular flexibility index (Phi) is 6.79. The van der Waals surface area contributed by atoms with Crippen LogP contribution in [0.4, 0.5) is 0 Å². The maximum atomic E-state index is 12.3. The summed E-state index contributed by atoms with van der Waals surface area (Å²) in [5.74, 6) is -1.76. The van der Waals surface area contributed by atoms with Crippen LogP contribution < -0.4 is 0 Å². The van der Waals surface area contributed by atoms with Gasteiger partial charge in [-0.05, 0) is 46.5 Å². The van der Waals surface area contributed by atoms with Gasteiger partial charge in [-0.15, -0.1) is 0 Å². The van der Waals surface area contributed by atoms with Gasteiger partial charge in [0.05, 0.1) is 12.5 Å². The maximum Gasteiger partial charge on any atom is 0.350 e. The second-order valence-electron chi connectivity index (χ2n) is 6.36. The summed E-state index contributed by atoms with van der Waals surface area (Å²) >= 11 is 0. The van der Waals surface area contributed by atoms with Gasteiger partial charge in [-0.2, -0.15) is 0 Å². The molecule has 0 radical (unpaired) electrons. The third-order valence-electron chi connectivity index (χ3n) is 3.74. The summed E-state index contributed by atoms with van der Waals surface area (Å²) in [6.07, 6.45) is 2.13. The molecule has 0 saturated carbocycles. The zero-order valence-electron chi connectivity index (χ0n) is 14.3. The summed E-state index contributed by atoms with van der Waals surface area (Å²) in [4.78, 5) is 35.6. The average molecular weight is 326 g/mol. The van der Waals surface area contributed by atoms with E-state index in [9.17, 15) is 14.4 Å². The number of esters is 3. The zero-order valence-corrected chi connectivity index (χ0v) is 14.3. The molecule has 2 unspecified atom stereocenters. The molecule has 0 aromatic carbocycles. The smallest absolute Gasteiger partial charge is 0.350 e. The van der Waals surface area contributed by atoms with Crippen molar-refractivity contribution in [3.63, 3.8) is 0 Å². The first-order chi connectivity index (χ1) is 10.7. The van der Waals surface area contributed by atoms with Crippen molar-refractivity contribution in [2.75, 3.05) is 6.61 Å². The summed E-state index contributed by atoms with van der Waals surface area (Å²) in [7, 11) is 0. The van der Waals surface area contributed by atoms with Gasteiger partial charge in [-0.1, -0.05) is 13.5 Å². The summed E-state index contributed by atoms with van der Waals surface area (Å²) < 4.78 is 15.6. The predicted molar refractivity (Wildman–Crippen MR) is 83.5 cm³/mol. The van der Waals surface area contributed by atoms with Crippen LogP contribution in [0.25, 0.3) is 0 Å². The third-order valence-corrected chi connectivity index (χ3v) is 3.74. The van der Waals surface area contributed by atoms with Gasteiger partial charge in [0.1, 0.15) is 6.10 Å². The zero-order chi connectivity index (χ0) is 17.6. The van der Waals surface area contributed by atoms with Crippen molar-refractivity contribution < 1.29 is 28.6 Å². The van der Waals surface area contributed by atoms with Crippen LogP contribution in [0.2, 0.25) is 0 Å². The quantitative estimate of drug-likeness (QED) is 0.406. The number of ether oxygens (including phenoxy) is 3. The Balaban J connectivity index is 2.62. The minimum absolute atomic E-state index is 0.211. The highest BCUT2D eigenvalue weighted by molar-refractivity contribution is 5.90. The normalized spacial score (nSPS) is 19.5. The molecule has 1 saturated heterocycles. The summed E-state index contributed by atoms with van der Waals surface area (Å²) in [5.41, 5.74) is -1.20. The van der Waals surface area contributed by atoms with E-state index in [1.807, 2.05) is 6.92 Å². The number of rotatable bonds is 7. The van der Waals surface area contributed by atoms with E-state index in [-0.39, 0.29) is 17.5 Å². The summed E-state index contributed by atoms with van der Waals surface area (Å²) in [5, 5.41) is 0. The lowest BCUT2D eigenvalue weighted by atomic mass is 9.93. The molecule has 1 fully saturated rings. The molecule has 1 aliphatic rings. The van der Waals surface area contributed by atoms with E-state index in [0.29, 0.717) is 19.4 Å². The van der Waals surface area contributed by atoms with Gasteiger partial charge in [0, 0.05) is 5.57 Å². The second-order valence-corrected chi connectivity index (χ2v) is 6.36. The van der Waals surface area contributed by atoms with Gasteiger partial charge in [0.25, 0.3) is 0 Å². The largest absolute Gasteiger partial charge is 0.465 e. The Morgan fingerprint density at radius 1 is 1.43 bits per heavy atom. The van der Waals surface area contributed by atoms with Crippen molar-refractivity contribution in [1.29, 1.82) is 0 Å². The molecule has 0 spiro atoms. The fraction of sp³-hybridized carbons (Fsp3) is 0.706. The Hall–Kier alpha value is -1.85. The molecular formula is C17H26O6. The molecule has 0 amide bonds. The molecule has 0 bridgehead atoms. The van der Waals surface area contributed by atoms with Crippen molar-refractivity contribution in [3.8, 4) is 0 Å². The maximum absolute atomic E-state index is 12.3. The van der Waals surface area contributed by atoms with E-state index < -0.39 is 23.6 Å². The number of carbonyl (C=O) groups is 3. The van der Waals surface area contributed by atoms with Crippen LogP contribution in [-0.4, -0.2) is 36.2 Å².